The Balaban J connectivity index is 1.76. The van der Waals surface area contributed by atoms with Crippen LogP contribution in [-0.4, -0.2) is 44.2 Å². The average Bonchev–Trinajstić information content (AvgIpc) is 2.77. The number of likely N-dealkylation sites (tertiary alicyclic amines) is 1. The summed E-state index contributed by atoms with van der Waals surface area (Å²) in [5, 5.41) is 0. The Bertz CT molecular complexity index is 761. The van der Waals surface area contributed by atoms with Gasteiger partial charge in [0.1, 0.15) is 11.1 Å². The molecule has 0 spiro atoms. The molecule has 0 radical (unpaired) electrons. The number of hydrogen-bond acceptors (Lipinski definition) is 4. The molecule has 0 N–H and O–H groups in total. The highest BCUT2D eigenvalue weighted by atomic mass is 16.6. The number of nitrogens with zero attached hydrogens (tertiary/aromatic N) is 4. The normalized spacial score (nSPS) is 16.3. The molecule has 3 heterocycles. The summed E-state index contributed by atoms with van der Waals surface area (Å²) in [6, 6.07) is 2.34. The maximum absolute atomic E-state index is 12.1. The van der Waals surface area contributed by atoms with Gasteiger partial charge in [-0.25, -0.2) is 9.78 Å². The van der Waals surface area contributed by atoms with Gasteiger partial charge in [0.25, 0.3) is 0 Å². The highest BCUT2D eigenvalue weighted by molar-refractivity contribution is 5.75. The summed E-state index contributed by atoms with van der Waals surface area (Å²) in [5.74, 6) is 0. The Labute approximate surface area is 142 Å². The molecule has 1 aliphatic heterocycles. The quantitative estimate of drug-likeness (QED) is 0.802. The fourth-order valence-electron chi connectivity index (χ4n) is 2.74. The van der Waals surface area contributed by atoms with Crippen molar-refractivity contribution in [1.82, 2.24) is 19.4 Å². The van der Waals surface area contributed by atoms with Gasteiger partial charge in [-0.15, -0.1) is 0 Å². The van der Waals surface area contributed by atoms with Crippen LogP contribution in [0.4, 0.5) is 4.79 Å². The molecule has 130 valence electrons. The molecule has 0 saturated carbocycles. The van der Waals surface area contributed by atoms with E-state index in [4.69, 9.17) is 4.74 Å². The predicted molar refractivity (Wildman–Crippen MR) is 93.1 cm³/mol. The number of aromatic nitrogens is 3. The van der Waals surface area contributed by atoms with Crippen molar-refractivity contribution in [2.24, 2.45) is 0 Å². The lowest BCUT2D eigenvalue weighted by molar-refractivity contribution is 0.00151. The lowest BCUT2D eigenvalue weighted by atomic mass is 9.91. The third-order valence-electron chi connectivity index (χ3n) is 4.14. The lowest BCUT2D eigenvalue weighted by Crippen LogP contribution is -2.52. The molecule has 0 bridgehead atoms. The van der Waals surface area contributed by atoms with Crippen LogP contribution in [0.15, 0.2) is 18.6 Å². The number of ether oxygens (including phenoxy) is 1. The number of pyridine rings is 1. The first kappa shape index (κ1) is 16.7. The Morgan fingerprint density at radius 3 is 2.42 bits per heavy atom. The van der Waals surface area contributed by atoms with Crippen LogP contribution in [0.1, 0.15) is 53.3 Å². The number of imidazole rings is 1. The molecule has 0 aliphatic carbocycles. The summed E-state index contributed by atoms with van der Waals surface area (Å²) in [7, 11) is 0. The van der Waals surface area contributed by atoms with Crippen LogP contribution in [-0.2, 0) is 10.2 Å². The van der Waals surface area contributed by atoms with E-state index in [1.54, 1.807) is 4.90 Å². The van der Waals surface area contributed by atoms with Crippen molar-refractivity contribution in [2.75, 3.05) is 13.1 Å². The van der Waals surface area contributed by atoms with Crippen LogP contribution < -0.4 is 0 Å². The number of amides is 1. The van der Waals surface area contributed by atoms with E-state index in [0.29, 0.717) is 13.1 Å². The molecule has 3 rings (SSSR count). The molecule has 1 aliphatic rings. The minimum Gasteiger partial charge on any atom is -0.444 e. The van der Waals surface area contributed by atoms with E-state index in [9.17, 15) is 4.79 Å². The highest BCUT2D eigenvalue weighted by Crippen LogP contribution is 2.29. The molecule has 2 aromatic rings. The first-order chi connectivity index (χ1) is 11.0. The average molecular weight is 330 g/mol. The molecule has 1 fully saturated rings. The van der Waals surface area contributed by atoms with Gasteiger partial charge in [-0.2, -0.15) is 0 Å². The fraction of sp³-hybridized carbons (Fsp3) is 0.611. The predicted octanol–water partition coefficient (Wildman–Crippen LogP) is 3.52. The maximum atomic E-state index is 12.1. The second-order valence-corrected chi connectivity index (χ2v) is 8.50. The first-order valence-corrected chi connectivity index (χ1v) is 8.35. The molecular formula is C18H26N4O2. The van der Waals surface area contributed by atoms with Gasteiger partial charge in [0.2, 0.25) is 0 Å². The standard InChI is InChI=1S/C18H26N4O2/c1-17(2,3)15-7-14-13(8-19-15)20-11-22(14)12-9-21(10-12)16(23)24-18(4,5)6/h7-8,11-12H,9-10H2,1-6H3. The lowest BCUT2D eigenvalue weighted by Gasteiger charge is -2.40. The van der Waals surface area contributed by atoms with Gasteiger partial charge in [0, 0.05) is 24.2 Å². The van der Waals surface area contributed by atoms with E-state index in [1.807, 2.05) is 33.3 Å². The third kappa shape index (κ3) is 3.23. The summed E-state index contributed by atoms with van der Waals surface area (Å²) in [4.78, 5) is 22.8. The Hall–Kier alpha value is -2.11. The van der Waals surface area contributed by atoms with Gasteiger partial charge in [0.15, 0.2) is 0 Å². The molecule has 6 heteroatoms. The van der Waals surface area contributed by atoms with E-state index in [1.165, 1.54) is 0 Å². The minimum atomic E-state index is -0.461. The van der Waals surface area contributed by atoms with Crippen molar-refractivity contribution < 1.29 is 9.53 Å². The molecular weight excluding hydrogens is 304 g/mol. The second-order valence-electron chi connectivity index (χ2n) is 8.50. The fourth-order valence-corrected chi connectivity index (χ4v) is 2.74. The maximum Gasteiger partial charge on any atom is 0.410 e. The number of carbonyl (C=O) groups is 1. The molecule has 0 atom stereocenters. The number of carbonyl (C=O) groups excluding carboxylic acids is 1. The van der Waals surface area contributed by atoms with Gasteiger partial charge >= 0.3 is 6.09 Å². The molecule has 0 aromatic carbocycles. The molecule has 6 nitrogen and oxygen atoms in total. The Morgan fingerprint density at radius 2 is 1.83 bits per heavy atom. The van der Waals surface area contributed by atoms with Gasteiger partial charge in [0.05, 0.1) is 24.1 Å². The largest absolute Gasteiger partial charge is 0.444 e. The van der Waals surface area contributed by atoms with Crippen molar-refractivity contribution >= 4 is 17.1 Å². The highest BCUT2D eigenvalue weighted by Gasteiger charge is 2.35. The second kappa shape index (κ2) is 5.46. The summed E-state index contributed by atoms with van der Waals surface area (Å²) in [5.41, 5.74) is 2.53. The summed E-state index contributed by atoms with van der Waals surface area (Å²) in [6.07, 6.45) is 3.42. The topological polar surface area (TPSA) is 60.2 Å². The first-order valence-electron chi connectivity index (χ1n) is 8.35. The van der Waals surface area contributed by atoms with E-state index in [-0.39, 0.29) is 17.6 Å². The zero-order valence-corrected chi connectivity index (χ0v) is 15.3. The molecule has 2 aromatic heterocycles. The van der Waals surface area contributed by atoms with Crippen LogP contribution in [0.3, 0.4) is 0 Å². The SMILES string of the molecule is CC(C)(C)OC(=O)N1CC(n2cnc3cnc(C(C)(C)C)cc32)C1. The molecule has 0 unspecified atom stereocenters. The Morgan fingerprint density at radius 1 is 1.17 bits per heavy atom. The van der Waals surface area contributed by atoms with E-state index in [0.717, 1.165) is 16.7 Å². The van der Waals surface area contributed by atoms with Crippen LogP contribution >= 0.6 is 0 Å². The van der Waals surface area contributed by atoms with Crippen molar-refractivity contribution in [2.45, 2.75) is 58.6 Å². The van der Waals surface area contributed by atoms with Gasteiger partial charge < -0.3 is 14.2 Å². The van der Waals surface area contributed by atoms with Gasteiger partial charge in [-0.05, 0) is 26.8 Å². The molecule has 1 saturated heterocycles. The summed E-state index contributed by atoms with van der Waals surface area (Å²) < 4.78 is 7.56. The van der Waals surface area contributed by atoms with Crippen LogP contribution in [0.25, 0.3) is 11.0 Å². The Kier molecular flexibility index (Phi) is 3.81. The van der Waals surface area contributed by atoms with Crippen molar-refractivity contribution in [3.63, 3.8) is 0 Å². The molecule has 1 amide bonds. The monoisotopic (exact) mass is 330 g/mol. The van der Waals surface area contributed by atoms with E-state index in [2.05, 4.69) is 41.4 Å². The van der Waals surface area contributed by atoms with Crippen LogP contribution in [0.5, 0.6) is 0 Å². The van der Waals surface area contributed by atoms with Crippen molar-refractivity contribution in [3.05, 3.63) is 24.3 Å². The zero-order valence-electron chi connectivity index (χ0n) is 15.3. The van der Waals surface area contributed by atoms with Crippen LogP contribution in [0.2, 0.25) is 0 Å². The van der Waals surface area contributed by atoms with Gasteiger partial charge in [-0.1, -0.05) is 20.8 Å². The smallest absolute Gasteiger partial charge is 0.410 e. The number of fused-ring (bicyclic) bond motifs is 1. The van der Waals surface area contributed by atoms with Crippen molar-refractivity contribution in [3.8, 4) is 0 Å². The van der Waals surface area contributed by atoms with E-state index >= 15 is 0 Å². The van der Waals surface area contributed by atoms with Crippen molar-refractivity contribution in [1.29, 1.82) is 0 Å². The van der Waals surface area contributed by atoms with Crippen LogP contribution in [0, 0.1) is 0 Å². The third-order valence-corrected chi connectivity index (χ3v) is 4.14. The summed E-state index contributed by atoms with van der Waals surface area (Å²) in [6.45, 7) is 13.4. The van der Waals surface area contributed by atoms with Gasteiger partial charge in [-0.3, -0.25) is 4.98 Å². The minimum absolute atomic E-state index is 0.00848. The van der Waals surface area contributed by atoms with E-state index < -0.39 is 5.60 Å². The number of rotatable bonds is 1. The number of hydrogen-bond donors (Lipinski definition) is 0. The summed E-state index contributed by atoms with van der Waals surface area (Å²) >= 11 is 0. The molecule has 24 heavy (non-hydrogen) atoms. The zero-order chi connectivity index (χ0) is 17.7.